The third-order valence-corrected chi connectivity index (χ3v) is 0. The van der Waals surface area contributed by atoms with E-state index in [0.717, 1.165) is 0 Å². The summed E-state index contributed by atoms with van der Waals surface area (Å²) in [6.45, 7) is 0. The van der Waals surface area contributed by atoms with Crippen molar-refractivity contribution in [1.29, 1.82) is 0 Å². The summed E-state index contributed by atoms with van der Waals surface area (Å²) < 4.78 is 8.88. The molecule has 0 aromatic carbocycles. The largest absolute Gasteiger partial charge is 0.466 e. The summed E-state index contributed by atoms with van der Waals surface area (Å²) in [5, 5.41) is 0. The Morgan fingerprint density at radius 2 is 1.12 bits per heavy atom. The van der Waals surface area contributed by atoms with E-state index in [9.17, 15) is 0 Å². The smallest absolute Gasteiger partial charge is 0.303 e. The van der Waals surface area contributed by atoms with Gasteiger partial charge in [0.25, 0.3) is 0 Å². The van der Waals surface area contributed by atoms with E-state index in [0.29, 0.717) is 0 Å². The van der Waals surface area contributed by atoms with Gasteiger partial charge in [-0.3, -0.25) is 0 Å². The Morgan fingerprint density at radius 3 is 1.12 bits per heavy atom. The average Bonchev–Trinajstić information content (AvgIpc) is 0.722. The zero-order chi connectivity index (χ0) is 4.50. The minimum absolute atomic E-state index is 0. The standard InChI is InChI=1S/Al.Mg.H3O4P.Zn.5H/c;;1-5(2,3)4;;;;;;/h;;(H3,1,2,3,4);;;;;;. The molecule has 0 amide bonds. The Hall–Kier alpha value is 2.03. The molecule has 4 nitrogen and oxygen atoms in total. The molecule has 0 aromatic heterocycles. The summed E-state index contributed by atoms with van der Waals surface area (Å²) in [5.74, 6) is 0. The van der Waals surface area contributed by atoms with Crippen LogP contribution in [0.15, 0.2) is 0 Å². The summed E-state index contributed by atoms with van der Waals surface area (Å²) in [7, 11) is -4.64. The Morgan fingerprint density at radius 1 is 1.12 bits per heavy atom. The van der Waals surface area contributed by atoms with Crippen molar-refractivity contribution in [3.05, 3.63) is 0 Å². The zero-order valence-corrected chi connectivity index (χ0v) is 6.77. The van der Waals surface area contributed by atoms with Crippen LogP contribution in [0.25, 0.3) is 0 Å². The summed E-state index contributed by atoms with van der Waals surface area (Å²) in [6.07, 6.45) is 0. The minimum Gasteiger partial charge on any atom is -0.303 e. The molecule has 0 atom stereocenters. The molecule has 0 aliphatic carbocycles. The molecule has 8 heteroatoms. The average molecular weight is 220 g/mol. The van der Waals surface area contributed by atoms with Crippen LogP contribution < -0.4 is 0 Å². The summed E-state index contributed by atoms with van der Waals surface area (Å²) in [6, 6.07) is 0. The summed E-state index contributed by atoms with van der Waals surface area (Å²) in [5.41, 5.74) is 0. The van der Waals surface area contributed by atoms with Crippen LogP contribution in [-0.4, -0.2) is 55.1 Å². The zero-order valence-electron chi connectivity index (χ0n) is 2.90. The van der Waals surface area contributed by atoms with Crippen molar-refractivity contribution in [2.75, 3.05) is 0 Å². The molecule has 0 aliphatic heterocycles. The van der Waals surface area contributed by atoms with Crippen molar-refractivity contribution < 1.29 is 38.7 Å². The van der Waals surface area contributed by atoms with Crippen LogP contribution in [0.5, 0.6) is 0 Å². The molecule has 44 valence electrons. The van der Waals surface area contributed by atoms with Gasteiger partial charge < -0.3 is 14.7 Å². The topological polar surface area (TPSA) is 77.8 Å². The summed E-state index contributed by atoms with van der Waals surface area (Å²) >= 11 is 0. The molecular weight excluding hydrogens is 212 g/mol. The molecule has 0 fully saturated rings. The van der Waals surface area contributed by atoms with Gasteiger partial charge in [0.2, 0.25) is 0 Å². The Kier molecular flexibility index (Phi) is 25.4. The van der Waals surface area contributed by atoms with Gasteiger partial charge >= 0.3 is 30.9 Å². The first-order valence-electron chi connectivity index (χ1n) is 0.783. The second-order valence-corrected chi connectivity index (χ2v) is 1.54. The van der Waals surface area contributed by atoms with E-state index in [4.69, 9.17) is 19.2 Å². The van der Waals surface area contributed by atoms with E-state index < -0.39 is 7.82 Å². The maximum atomic E-state index is 8.88. The Bertz CT molecular complexity index is 62.2. The first-order valence-corrected chi connectivity index (χ1v) is 2.35. The van der Waals surface area contributed by atoms with Crippen molar-refractivity contribution in [2.45, 2.75) is 0 Å². The Labute approximate surface area is 86.3 Å². The van der Waals surface area contributed by atoms with Crippen LogP contribution in [0, 0.1) is 0 Å². The molecule has 0 aliphatic rings. The van der Waals surface area contributed by atoms with Gasteiger partial charge in [-0.1, -0.05) is 0 Å². The maximum Gasteiger partial charge on any atom is 0.466 e. The van der Waals surface area contributed by atoms with Crippen LogP contribution in [-0.2, 0) is 24.0 Å². The van der Waals surface area contributed by atoms with Gasteiger partial charge in [0, 0.05) is 19.5 Å². The summed E-state index contributed by atoms with van der Waals surface area (Å²) in [4.78, 5) is 21.6. The minimum atomic E-state index is -4.64. The molecule has 3 N–H and O–H groups in total. The number of hydrogen-bond donors (Lipinski definition) is 3. The molecule has 0 bridgehead atoms. The van der Waals surface area contributed by atoms with E-state index in [2.05, 4.69) is 0 Å². The predicted octanol–water partition coefficient (Wildman–Crippen LogP) is -3.03. The third kappa shape index (κ3) is 96.2. The fraction of sp³-hybridized carbons (Fsp3) is 0. The second kappa shape index (κ2) is 9.03. The van der Waals surface area contributed by atoms with Crippen LogP contribution in [0.4, 0.5) is 0 Å². The molecule has 0 spiro atoms. The molecule has 0 saturated carbocycles. The van der Waals surface area contributed by atoms with E-state index in [-0.39, 0.29) is 59.9 Å². The molecule has 0 rings (SSSR count). The molecule has 0 saturated heterocycles. The molecule has 0 heterocycles. The van der Waals surface area contributed by atoms with E-state index in [1.54, 1.807) is 0 Å². The van der Waals surface area contributed by atoms with Crippen LogP contribution in [0.1, 0.15) is 0 Å². The number of phosphoric acid groups is 1. The number of rotatable bonds is 0. The third-order valence-electron chi connectivity index (χ3n) is 0. The van der Waals surface area contributed by atoms with Gasteiger partial charge in [0.05, 0.1) is 0 Å². The van der Waals surface area contributed by atoms with Crippen molar-refractivity contribution >= 4 is 48.2 Å². The van der Waals surface area contributed by atoms with E-state index in [1.165, 1.54) is 0 Å². The number of hydrogen-bond acceptors (Lipinski definition) is 1. The van der Waals surface area contributed by atoms with Crippen molar-refractivity contribution in [3.63, 3.8) is 0 Å². The molecule has 8 heavy (non-hydrogen) atoms. The predicted molar refractivity (Wildman–Crippen MR) is 32.7 cm³/mol. The van der Waals surface area contributed by atoms with Crippen molar-refractivity contribution in [2.24, 2.45) is 0 Å². The second-order valence-electron chi connectivity index (χ2n) is 0.513. The van der Waals surface area contributed by atoms with E-state index in [1.807, 2.05) is 0 Å². The van der Waals surface area contributed by atoms with Crippen LogP contribution in [0.3, 0.4) is 0 Å². The van der Waals surface area contributed by atoms with Crippen LogP contribution in [0.2, 0.25) is 0 Å². The van der Waals surface area contributed by atoms with Gasteiger partial charge in [-0.25, -0.2) is 4.57 Å². The quantitative estimate of drug-likeness (QED) is 0.299. The van der Waals surface area contributed by atoms with Gasteiger partial charge in [0.1, 0.15) is 0 Å². The SMILES string of the molecule is O=P(O)(O)O.[AlH3].[MgH2].[Zn]. The van der Waals surface area contributed by atoms with Crippen molar-refractivity contribution in [3.8, 4) is 0 Å². The monoisotopic (exact) mass is 218 g/mol. The fourth-order valence-corrected chi connectivity index (χ4v) is 0. The first-order chi connectivity index (χ1) is 2.00. The molecule has 0 aromatic rings. The van der Waals surface area contributed by atoms with Gasteiger partial charge in [-0.15, -0.1) is 0 Å². The molecular formula is H8AlMgO4PZn. The fourth-order valence-electron chi connectivity index (χ4n) is 0. The Balaban J connectivity index is -0.0000000267. The normalized spacial score (nSPS) is 7.38. The van der Waals surface area contributed by atoms with Gasteiger partial charge in [0.15, 0.2) is 17.4 Å². The molecule has 0 radical (unpaired) electrons. The van der Waals surface area contributed by atoms with E-state index >= 15 is 0 Å². The molecule has 0 unspecified atom stereocenters. The first kappa shape index (κ1) is 22.5. The van der Waals surface area contributed by atoms with Gasteiger partial charge in [-0.2, -0.15) is 0 Å². The van der Waals surface area contributed by atoms with Crippen LogP contribution >= 0.6 is 7.82 Å². The van der Waals surface area contributed by atoms with Crippen molar-refractivity contribution in [1.82, 2.24) is 0 Å². The maximum absolute atomic E-state index is 8.88. The van der Waals surface area contributed by atoms with Gasteiger partial charge in [-0.05, 0) is 0 Å².